The lowest BCUT2D eigenvalue weighted by molar-refractivity contribution is -0.136. The van der Waals surface area contributed by atoms with Crippen molar-refractivity contribution in [2.24, 2.45) is 0 Å². The molecule has 1 aliphatic heterocycles. The Bertz CT molecular complexity index is 1540. The molecular weight excluding hydrogens is 494 g/mol. The molecule has 2 aromatic carbocycles. The van der Waals surface area contributed by atoms with Gasteiger partial charge in [-0.3, -0.25) is 19.6 Å². The number of nitrogens with one attached hydrogen (secondary N) is 2. The molecule has 4 aromatic rings. The summed E-state index contributed by atoms with van der Waals surface area (Å²) in [6.07, 6.45) is 3.33. The Morgan fingerprint density at radius 1 is 0.974 bits per heavy atom. The Kier molecular flexibility index (Phi) is 7.15. The lowest BCUT2D eigenvalue weighted by atomic mass is 9.90. The molecule has 5 rings (SSSR count). The van der Waals surface area contributed by atoms with Crippen molar-refractivity contribution in [3.63, 3.8) is 0 Å². The number of nitrogens with zero attached hydrogens (tertiary/aromatic N) is 3. The molecule has 0 spiro atoms. The predicted molar refractivity (Wildman–Crippen MR) is 149 cm³/mol. The number of benzene rings is 2. The summed E-state index contributed by atoms with van der Waals surface area (Å²) in [5.74, 6) is -0.919. The molecule has 3 heterocycles. The van der Waals surface area contributed by atoms with Crippen LogP contribution in [0.2, 0.25) is 0 Å². The maximum Gasteiger partial charge on any atom is 0.408 e. The smallest absolute Gasteiger partial charge is 0.408 e. The third-order valence-electron chi connectivity index (χ3n) is 6.72. The summed E-state index contributed by atoms with van der Waals surface area (Å²) >= 11 is 0. The van der Waals surface area contributed by atoms with Gasteiger partial charge in [0, 0.05) is 35.6 Å². The van der Waals surface area contributed by atoms with Crippen LogP contribution in [0.1, 0.15) is 38.7 Å². The second-order valence-electron chi connectivity index (χ2n) is 10.6. The summed E-state index contributed by atoms with van der Waals surface area (Å²) in [5, 5.41) is 7.41. The van der Waals surface area contributed by atoms with E-state index in [1.807, 2.05) is 54.6 Å². The number of amides is 3. The molecule has 2 atom stereocenters. The quantitative estimate of drug-likeness (QED) is 0.393. The summed E-state index contributed by atoms with van der Waals surface area (Å²) in [6.45, 7) is 5.35. The highest BCUT2D eigenvalue weighted by Crippen LogP contribution is 2.36. The summed E-state index contributed by atoms with van der Waals surface area (Å²) in [4.78, 5) is 49.8. The molecule has 0 aliphatic carbocycles. The molecule has 9 heteroatoms. The first-order valence-electron chi connectivity index (χ1n) is 13.0. The van der Waals surface area contributed by atoms with Crippen LogP contribution in [0.4, 0.5) is 10.5 Å². The van der Waals surface area contributed by atoms with E-state index < -0.39 is 17.7 Å². The largest absolute Gasteiger partial charge is 0.444 e. The Hall–Kier alpha value is -4.53. The average molecular weight is 526 g/mol. The highest BCUT2D eigenvalue weighted by atomic mass is 16.6. The standard InChI is InChI=1S/C30H31N5O4/c1-30(2,3)39-29(38)33-18-25(36)35-16-13-22(20-11-12-23-21(17-20)9-6-14-31-23)27(35)28(37)34-24-10-4-7-19-8-5-15-32-26(19)24/h4-12,14-15,17,22,27H,13,16,18H2,1-3H3,(H,33,38)(H,34,37). The molecular formula is C30H31N5O4. The van der Waals surface area contributed by atoms with Gasteiger partial charge in [-0.25, -0.2) is 4.79 Å². The molecule has 2 aromatic heterocycles. The number of pyridine rings is 2. The molecule has 39 heavy (non-hydrogen) atoms. The lowest BCUT2D eigenvalue weighted by Gasteiger charge is -2.28. The van der Waals surface area contributed by atoms with Gasteiger partial charge in [0.25, 0.3) is 0 Å². The van der Waals surface area contributed by atoms with Gasteiger partial charge >= 0.3 is 6.09 Å². The van der Waals surface area contributed by atoms with Crippen LogP contribution < -0.4 is 10.6 Å². The normalized spacial score (nSPS) is 17.3. The first-order valence-corrected chi connectivity index (χ1v) is 13.0. The predicted octanol–water partition coefficient (Wildman–Crippen LogP) is 4.63. The van der Waals surface area contributed by atoms with Gasteiger partial charge in [0.2, 0.25) is 11.8 Å². The molecule has 2 unspecified atom stereocenters. The van der Waals surface area contributed by atoms with Gasteiger partial charge in [-0.05, 0) is 63.1 Å². The highest BCUT2D eigenvalue weighted by molar-refractivity contribution is 6.04. The minimum atomic E-state index is -0.786. The maximum absolute atomic E-state index is 13.9. The number of likely N-dealkylation sites (tertiary alicyclic amines) is 1. The number of carbonyl (C=O) groups is 3. The topological polar surface area (TPSA) is 114 Å². The van der Waals surface area contributed by atoms with Crippen LogP contribution in [0.25, 0.3) is 21.8 Å². The number of anilines is 1. The van der Waals surface area contributed by atoms with E-state index in [1.165, 1.54) is 0 Å². The SMILES string of the molecule is CC(C)(C)OC(=O)NCC(=O)N1CCC(c2ccc3ncccc3c2)C1C(=O)Nc1cccc2cccnc12. The van der Waals surface area contributed by atoms with Crippen molar-refractivity contribution in [2.45, 2.75) is 44.8 Å². The molecule has 0 saturated carbocycles. The van der Waals surface area contributed by atoms with Crippen LogP contribution in [-0.4, -0.2) is 57.5 Å². The van der Waals surface area contributed by atoms with Crippen LogP contribution in [-0.2, 0) is 14.3 Å². The molecule has 1 fully saturated rings. The first kappa shape index (κ1) is 26.1. The minimum absolute atomic E-state index is 0.247. The molecule has 0 radical (unpaired) electrons. The zero-order valence-electron chi connectivity index (χ0n) is 22.2. The number of aromatic nitrogens is 2. The summed E-state index contributed by atoms with van der Waals surface area (Å²) < 4.78 is 5.26. The van der Waals surface area contributed by atoms with Crippen LogP contribution >= 0.6 is 0 Å². The molecule has 200 valence electrons. The van der Waals surface area contributed by atoms with Crippen molar-refractivity contribution in [1.29, 1.82) is 0 Å². The third kappa shape index (κ3) is 5.82. The van der Waals surface area contributed by atoms with E-state index in [0.29, 0.717) is 24.2 Å². The molecule has 0 bridgehead atoms. The fourth-order valence-corrected chi connectivity index (χ4v) is 5.05. The number of fused-ring (bicyclic) bond motifs is 2. The van der Waals surface area contributed by atoms with Crippen LogP contribution in [0, 0.1) is 0 Å². The molecule has 3 amide bonds. The second kappa shape index (κ2) is 10.7. The van der Waals surface area contributed by atoms with Gasteiger partial charge in [0.05, 0.1) is 16.7 Å². The fraction of sp³-hybridized carbons (Fsp3) is 0.300. The van der Waals surface area contributed by atoms with Crippen molar-refractivity contribution < 1.29 is 19.1 Å². The van der Waals surface area contributed by atoms with E-state index >= 15 is 0 Å². The highest BCUT2D eigenvalue weighted by Gasteiger charge is 2.42. The average Bonchev–Trinajstić information content (AvgIpc) is 3.36. The van der Waals surface area contributed by atoms with Crippen LogP contribution in [0.15, 0.2) is 73.1 Å². The zero-order chi connectivity index (χ0) is 27.6. The van der Waals surface area contributed by atoms with Crippen molar-refractivity contribution in [2.75, 3.05) is 18.4 Å². The van der Waals surface area contributed by atoms with E-state index in [9.17, 15) is 14.4 Å². The number of hydrogen-bond donors (Lipinski definition) is 2. The first-order chi connectivity index (χ1) is 18.7. The van der Waals surface area contributed by atoms with Crippen LogP contribution in [0.3, 0.4) is 0 Å². The van der Waals surface area contributed by atoms with Crippen LogP contribution in [0.5, 0.6) is 0 Å². The van der Waals surface area contributed by atoms with Crippen molar-refractivity contribution >= 4 is 45.4 Å². The van der Waals surface area contributed by atoms with Gasteiger partial charge < -0.3 is 20.3 Å². The molecule has 2 N–H and O–H groups in total. The van der Waals surface area contributed by atoms with E-state index in [0.717, 1.165) is 21.9 Å². The van der Waals surface area contributed by atoms with Gasteiger partial charge in [-0.2, -0.15) is 0 Å². The maximum atomic E-state index is 13.9. The van der Waals surface area contributed by atoms with E-state index in [-0.39, 0.29) is 24.3 Å². The number of ether oxygens (including phenoxy) is 1. The number of hydrogen-bond acceptors (Lipinski definition) is 6. The van der Waals surface area contributed by atoms with Crippen molar-refractivity contribution in [3.05, 3.63) is 78.6 Å². The molecule has 1 saturated heterocycles. The zero-order valence-corrected chi connectivity index (χ0v) is 22.2. The number of carbonyl (C=O) groups excluding carboxylic acids is 3. The Morgan fingerprint density at radius 2 is 1.72 bits per heavy atom. The van der Waals surface area contributed by atoms with Gasteiger partial charge in [0.1, 0.15) is 18.2 Å². The third-order valence-corrected chi connectivity index (χ3v) is 6.72. The Labute approximate surface area is 226 Å². The van der Waals surface area contributed by atoms with E-state index in [2.05, 4.69) is 20.6 Å². The summed E-state index contributed by atoms with van der Waals surface area (Å²) in [6, 6.07) is 18.3. The van der Waals surface area contributed by atoms with Crippen molar-refractivity contribution in [1.82, 2.24) is 20.2 Å². The van der Waals surface area contributed by atoms with Gasteiger partial charge in [0.15, 0.2) is 0 Å². The Morgan fingerprint density at radius 3 is 2.51 bits per heavy atom. The molecule has 9 nitrogen and oxygen atoms in total. The monoisotopic (exact) mass is 525 g/mol. The van der Waals surface area contributed by atoms with Gasteiger partial charge in [-0.15, -0.1) is 0 Å². The summed E-state index contributed by atoms with van der Waals surface area (Å²) in [5.41, 5.74) is 2.36. The minimum Gasteiger partial charge on any atom is -0.444 e. The number of para-hydroxylation sites is 1. The lowest BCUT2D eigenvalue weighted by Crippen LogP contribution is -2.49. The van der Waals surface area contributed by atoms with Gasteiger partial charge in [-0.1, -0.05) is 30.3 Å². The number of alkyl carbamates (subject to hydrolysis) is 1. The Balaban J connectivity index is 1.43. The van der Waals surface area contributed by atoms with Crippen molar-refractivity contribution in [3.8, 4) is 0 Å². The second-order valence-corrected chi connectivity index (χ2v) is 10.6. The fourth-order valence-electron chi connectivity index (χ4n) is 5.05. The van der Waals surface area contributed by atoms with E-state index in [4.69, 9.17) is 4.74 Å². The number of rotatable bonds is 5. The summed E-state index contributed by atoms with van der Waals surface area (Å²) in [7, 11) is 0. The van der Waals surface area contributed by atoms with E-state index in [1.54, 1.807) is 44.1 Å². The molecule has 1 aliphatic rings.